The van der Waals surface area contributed by atoms with Gasteiger partial charge in [0.2, 0.25) is 0 Å². The van der Waals surface area contributed by atoms with Gasteiger partial charge < -0.3 is 5.32 Å². The Bertz CT molecular complexity index is 691. The lowest BCUT2D eigenvalue weighted by Gasteiger charge is -1.99. The van der Waals surface area contributed by atoms with Crippen LogP contribution in [0.25, 0.3) is 20.8 Å². The van der Waals surface area contributed by atoms with Crippen LogP contribution in [0.5, 0.6) is 0 Å². The molecule has 0 atom stereocenters. The van der Waals surface area contributed by atoms with Crippen LogP contribution in [0, 0.1) is 3.57 Å². The summed E-state index contributed by atoms with van der Waals surface area (Å²) in [5.74, 6) is 0.870. The number of halogens is 1. The van der Waals surface area contributed by atoms with Gasteiger partial charge in [0, 0.05) is 22.4 Å². The Morgan fingerprint density at radius 1 is 1.22 bits per heavy atom. The summed E-state index contributed by atoms with van der Waals surface area (Å²) >= 11 is 4.00. The van der Waals surface area contributed by atoms with E-state index in [4.69, 9.17) is 0 Å². The molecule has 2 aromatic heterocycles. The fourth-order valence-corrected chi connectivity index (χ4v) is 3.10. The minimum atomic E-state index is 0.870. The minimum absolute atomic E-state index is 0.870. The van der Waals surface area contributed by atoms with Crippen molar-refractivity contribution in [1.29, 1.82) is 0 Å². The first-order chi connectivity index (χ1) is 8.76. The lowest BCUT2D eigenvalue weighted by atomic mass is 10.3. The summed E-state index contributed by atoms with van der Waals surface area (Å²) < 4.78 is 2.42. The molecule has 0 aliphatic rings. The van der Waals surface area contributed by atoms with Crippen LogP contribution in [-0.4, -0.2) is 17.0 Å². The first-order valence-electron chi connectivity index (χ1n) is 5.46. The number of hydrogen-bond acceptors (Lipinski definition) is 4. The molecule has 0 radical (unpaired) electrons. The highest BCUT2D eigenvalue weighted by Gasteiger charge is 2.06. The Morgan fingerprint density at radius 3 is 2.83 bits per heavy atom. The Morgan fingerprint density at radius 2 is 2.11 bits per heavy atom. The molecule has 3 aromatic rings. The zero-order valence-electron chi connectivity index (χ0n) is 9.64. The van der Waals surface area contributed by atoms with E-state index in [0.717, 1.165) is 21.9 Å². The second-order valence-electron chi connectivity index (χ2n) is 3.81. The van der Waals surface area contributed by atoms with E-state index in [0.29, 0.717) is 0 Å². The van der Waals surface area contributed by atoms with Gasteiger partial charge in [0.15, 0.2) is 0 Å². The van der Waals surface area contributed by atoms with Crippen LogP contribution in [-0.2, 0) is 0 Å². The maximum Gasteiger partial charge on any atom is 0.126 e. The Labute approximate surface area is 122 Å². The number of aromatic nitrogens is 2. The molecule has 18 heavy (non-hydrogen) atoms. The van der Waals surface area contributed by atoms with Gasteiger partial charge in [0.25, 0.3) is 0 Å². The Kier molecular flexibility index (Phi) is 3.17. The molecule has 3 rings (SSSR count). The van der Waals surface area contributed by atoms with Crippen LogP contribution in [0.2, 0.25) is 0 Å². The third-order valence-electron chi connectivity index (χ3n) is 2.62. The molecule has 0 spiro atoms. The zero-order valence-corrected chi connectivity index (χ0v) is 12.6. The van der Waals surface area contributed by atoms with Crippen molar-refractivity contribution in [3.05, 3.63) is 40.1 Å². The van der Waals surface area contributed by atoms with E-state index in [1.54, 1.807) is 11.3 Å². The summed E-state index contributed by atoms with van der Waals surface area (Å²) in [6.07, 6.45) is 1.86. The highest BCUT2D eigenvalue weighted by Crippen LogP contribution is 2.30. The molecule has 90 valence electrons. The van der Waals surface area contributed by atoms with E-state index in [1.807, 2.05) is 25.4 Å². The zero-order chi connectivity index (χ0) is 12.5. The molecule has 0 fully saturated rings. The summed E-state index contributed by atoms with van der Waals surface area (Å²) in [4.78, 5) is 8.97. The van der Waals surface area contributed by atoms with Gasteiger partial charge in [-0.15, -0.1) is 11.3 Å². The number of nitrogens with zero attached hydrogens (tertiary/aromatic N) is 2. The standard InChI is InChI=1S/C13H10IN3S/c1-15-12-5-2-8(7-16-12)13-17-10-6-9(14)3-4-11(10)18-13/h2-7H,1H3,(H,15,16)/i14-4. The highest BCUT2D eigenvalue weighted by atomic mass is 123. The van der Waals surface area contributed by atoms with E-state index in [-0.39, 0.29) is 0 Å². The molecular weight excluding hydrogens is 353 g/mol. The lowest BCUT2D eigenvalue weighted by molar-refractivity contribution is 1.28. The average molecular weight is 363 g/mol. The maximum absolute atomic E-state index is 4.65. The van der Waals surface area contributed by atoms with E-state index in [9.17, 15) is 0 Å². The van der Waals surface area contributed by atoms with Crippen LogP contribution in [0.1, 0.15) is 0 Å². The third-order valence-corrected chi connectivity index (χ3v) is 4.37. The summed E-state index contributed by atoms with van der Waals surface area (Å²) in [6, 6.07) is 10.3. The van der Waals surface area contributed by atoms with E-state index in [2.05, 4.69) is 56.1 Å². The van der Waals surface area contributed by atoms with Crippen LogP contribution in [0.4, 0.5) is 5.82 Å². The molecular formula is C13H10IN3S. The van der Waals surface area contributed by atoms with Crippen LogP contribution >= 0.6 is 33.9 Å². The van der Waals surface area contributed by atoms with Gasteiger partial charge in [-0.3, -0.25) is 0 Å². The Balaban J connectivity index is 2.07. The summed E-state index contributed by atoms with van der Waals surface area (Å²) in [5.41, 5.74) is 2.12. The van der Waals surface area contributed by atoms with Gasteiger partial charge in [-0.25, -0.2) is 9.97 Å². The normalized spacial score (nSPS) is 10.8. The number of benzene rings is 1. The van der Waals surface area contributed by atoms with Gasteiger partial charge in [-0.1, -0.05) is 0 Å². The van der Waals surface area contributed by atoms with E-state index in [1.165, 1.54) is 8.27 Å². The molecule has 1 aromatic carbocycles. The first kappa shape index (κ1) is 11.9. The van der Waals surface area contributed by atoms with Crippen LogP contribution in [0.3, 0.4) is 0 Å². The minimum Gasteiger partial charge on any atom is -0.373 e. The third kappa shape index (κ3) is 2.20. The molecule has 0 bridgehead atoms. The number of hydrogen-bond donors (Lipinski definition) is 1. The molecule has 1 N–H and O–H groups in total. The molecule has 5 heteroatoms. The summed E-state index contributed by atoms with van der Waals surface area (Å²) in [7, 11) is 1.86. The topological polar surface area (TPSA) is 37.8 Å². The molecule has 0 saturated carbocycles. The van der Waals surface area contributed by atoms with Crippen molar-refractivity contribution >= 4 is 50.0 Å². The molecule has 0 saturated heterocycles. The quantitative estimate of drug-likeness (QED) is 0.700. The lowest BCUT2D eigenvalue weighted by Crippen LogP contribution is -1.90. The van der Waals surface area contributed by atoms with Crippen molar-refractivity contribution in [3.8, 4) is 10.6 Å². The fraction of sp³-hybridized carbons (Fsp3) is 0.0769. The van der Waals surface area contributed by atoms with Crippen molar-refractivity contribution in [2.75, 3.05) is 12.4 Å². The predicted octanol–water partition coefficient (Wildman–Crippen LogP) is 4.00. The number of anilines is 1. The number of pyridine rings is 1. The van der Waals surface area contributed by atoms with Crippen LogP contribution < -0.4 is 5.32 Å². The number of thiazole rings is 1. The van der Waals surface area contributed by atoms with Gasteiger partial charge >= 0.3 is 0 Å². The maximum atomic E-state index is 4.65. The van der Waals surface area contributed by atoms with Gasteiger partial charge in [-0.05, 0) is 52.9 Å². The highest BCUT2D eigenvalue weighted by molar-refractivity contribution is 14.1. The van der Waals surface area contributed by atoms with Crippen molar-refractivity contribution in [2.45, 2.75) is 0 Å². The van der Waals surface area contributed by atoms with E-state index < -0.39 is 0 Å². The number of nitrogens with one attached hydrogen (secondary N) is 1. The molecule has 0 amide bonds. The van der Waals surface area contributed by atoms with Crippen molar-refractivity contribution in [1.82, 2.24) is 9.97 Å². The summed E-state index contributed by atoms with van der Waals surface area (Å²) in [5, 5.41) is 4.03. The number of fused-ring (bicyclic) bond motifs is 1. The predicted molar refractivity (Wildman–Crippen MR) is 85.1 cm³/mol. The largest absolute Gasteiger partial charge is 0.373 e. The van der Waals surface area contributed by atoms with Crippen molar-refractivity contribution in [2.24, 2.45) is 0 Å². The summed E-state index contributed by atoms with van der Waals surface area (Å²) in [6.45, 7) is 0. The molecule has 2 heterocycles. The SMILES string of the molecule is CNc1ccc(-c2nc3cc([123I])ccc3s2)cn1. The van der Waals surface area contributed by atoms with Crippen LogP contribution in [0.15, 0.2) is 36.5 Å². The van der Waals surface area contributed by atoms with E-state index >= 15 is 0 Å². The van der Waals surface area contributed by atoms with Gasteiger partial charge in [0.1, 0.15) is 10.8 Å². The molecule has 0 unspecified atom stereocenters. The Hall–Kier alpha value is -1.21. The molecule has 3 nitrogen and oxygen atoms in total. The second kappa shape index (κ2) is 4.81. The fourth-order valence-electron chi connectivity index (χ4n) is 1.69. The average Bonchev–Trinajstić information content (AvgIpc) is 2.81. The monoisotopic (exact) mass is 363 g/mol. The van der Waals surface area contributed by atoms with Crippen molar-refractivity contribution < 1.29 is 0 Å². The van der Waals surface area contributed by atoms with Gasteiger partial charge in [0.05, 0.1) is 10.2 Å². The van der Waals surface area contributed by atoms with Gasteiger partial charge in [-0.2, -0.15) is 0 Å². The van der Waals surface area contributed by atoms with Crippen molar-refractivity contribution in [3.63, 3.8) is 0 Å². The number of rotatable bonds is 2. The molecule has 0 aliphatic carbocycles. The first-order valence-corrected chi connectivity index (χ1v) is 7.36. The molecule has 0 aliphatic heterocycles. The second-order valence-corrected chi connectivity index (χ2v) is 6.09. The smallest absolute Gasteiger partial charge is 0.126 e.